The van der Waals surface area contributed by atoms with Gasteiger partial charge >= 0.3 is 0 Å². The Morgan fingerprint density at radius 1 is 0.947 bits per heavy atom. The molecule has 0 bridgehead atoms. The summed E-state index contributed by atoms with van der Waals surface area (Å²) in [5.41, 5.74) is 1.89. The van der Waals surface area contributed by atoms with Crippen LogP contribution in [-0.4, -0.2) is 5.78 Å². The van der Waals surface area contributed by atoms with Crippen LogP contribution < -0.4 is 0 Å². The van der Waals surface area contributed by atoms with Gasteiger partial charge in [-0.25, -0.2) is 0 Å². The molecule has 19 heavy (non-hydrogen) atoms. The normalized spacial score (nSPS) is 8.53. The first kappa shape index (κ1) is 14.7. The van der Waals surface area contributed by atoms with Crippen LogP contribution >= 0.6 is 0 Å². The third-order valence-electron chi connectivity index (χ3n) is 2.46. The summed E-state index contributed by atoms with van der Waals surface area (Å²) in [5.74, 6) is 6.00. The van der Waals surface area contributed by atoms with Gasteiger partial charge < -0.3 is 0 Å². The Bertz CT molecular complexity index is 544. The van der Waals surface area contributed by atoms with Crippen LogP contribution in [0.4, 0.5) is 0 Å². The maximum atomic E-state index is 11.0. The quantitative estimate of drug-likeness (QED) is 0.572. The Kier molecular flexibility index (Phi) is 6.76. The average Bonchev–Trinajstić information content (AvgIpc) is 2.49. The van der Waals surface area contributed by atoms with E-state index in [4.69, 9.17) is 0 Å². The van der Waals surface area contributed by atoms with Gasteiger partial charge in [-0.05, 0) is 19.1 Å². The third-order valence-corrected chi connectivity index (χ3v) is 2.46. The Labute approximate surface area is 115 Å². The second kappa shape index (κ2) is 8.72. The summed E-state index contributed by atoms with van der Waals surface area (Å²) in [7, 11) is 0. The lowest BCUT2D eigenvalue weighted by atomic mass is 10.1. The molecule has 0 N–H and O–H groups in total. The molecule has 1 nitrogen and oxygen atoms in total. The van der Waals surface area contributed by atoms with Gasteiger partial charge in [0, 0.05) is 17.5 Å². The number of ketones is 1. The standard InChI is InChI=1S/C9H10O.C9H8/c1-2-9(10)8-6-4-3-5-7-8;1-2-6-9-7-4-3-5-8-9/h3-7H,2H2,1H3;3-5,7-8H,1H3. The minimum Gasteiger partial charge on any atom is -0.294 e. The third kappa shape index (κ3) is 5.70. The van der Waals surface area contributed by atoms with Crippen LogP contribution in [0.25, 0.3) is 0 Å². The van der Waals surface area contributed by atoms with Gasteiger partial charge in [0.15, 0.2) is 5.78 Å². The Morgan fingerprint density at radius 2 is 1.47 bits per heavy atom. The number of hydrogen-bond acceptors (Lipinski definition) is 1. The topological polar surface area (TPSA) is 17.1 Å². The molecule has 96 valence electrons. The maximum absolute atomic E-state index is 11.0. The molecular formula is C18H18O. The second-order valence-corrected chi connectivity index (χ2v) is 3.88. The summed E-state index contributed by atoms with van der Waals surface area (Å²) in [6.07, 6.45) is 0.587. The van der Waals surface area contributed by atoms with Crippen LogP contribution in [0.15, 0.2) is 60.7 Å². The molecule has 2 aromatic rings. The smallest absolute Gasteiger partial charge is 0.162 e. The molecule has 0 aliphatic heterocycles. The SMILES string of the molecule is CC#Cc1ccccc1.CCC(=O)c1ccccc1. The zero-order valence-electron chi connectivity index (χ0n) is 11.4. The van der Waals surface area contributed by atoms with E-state index in [-0.39, 0.29) is 5.78 Å². The van der Waals surface area contributed by atoms with E-state index in [0.29, 0.717) is 6.42 Å². The first-order chi connectivity index (χ1) is 9.27. The van der Waals surface area contributed by atoms with Gasteiger partial charge in [-0.2, -0.15) is 0 Å². The predicted octanol–water partition coefficient (Wildman–Crippen LogP) is 4.34. The molecule has 2 aromatic carbocycles. The lowest BCUT2D eigenvalue weighted by molar-refractivity contribution is 0.0988. The van der Waals surface area contributed by atoms with Crippen molar-refractivity contribution in [1.29, 1.82) is 0 Å². The van der Waals surface area contributed by atoms with E-state index < -0.39 is 0 Å². The fourth-order valence-electron chi connectivity index (χ4n) is 1.49. The molecule has 2 rings (SSSR count). The molecule has 0 heterocycles. The second-order valence-electron chi connectivity index (χ2n) is 3.88. The molecule has 0 unspecified atom stereocenters. The summed E-state index contributed by atoms with van der Waals surface area (Å²) in [5, 5.41) is 0. The number of hydrogen-bond donors (Lipinski definition) is 0. The summed E-state index contributed by atoms with van der Waals surface area (Å²) in [4.78, 5) is 11.0. The van der Waals surface area contributed by atoms with Crippen molar-refractivity contribution in [3.05, 3.63) is 71.8 Å². The molecule has 0 atom stereocenters. The first-order valence-electron chi connectivity index (χ1n) is 6.34. The van der Waals surface area contributed by atoms with Gasteiger partial charge in [0.1, 0.15) is 0 Å². The fourth-order valence-corrected chi connectivity index (χ4v) is 1.49. The van der Waals surface area contributed by atoms with Crippen molar-refractivity contribution in [1.82, 2.24) is 0 Å². The molecule has 0 saturated carbocycles. The van der Waals surface area contributed by atoms with Crippen molar-refractivity contribution in [3.63, 3.8) is 0 Å². The summed E-state index contributed by atoms with van der Waals surface area (Å²) < 4.78 is 0. The van der Waals surface area contributed by atoms with E-state index in [2.05, 4.69) is 11.8 Å². The highest BCUT2D eigenvalue weighted by molar-refractivity contribution is 5.95. The zero-order valence-corrected chi connectivity index (χ0v) is 11.4. The van der Waals surface area contributed by atoms with Crippen molar-refractivity contribution in [2.45, 2.75) is 20.3 Å². The largest absolute Gasteiger partial charge is 0.294 e. The van der Waals surface area contributed by atoms with Crippen molar-refractivity contribution >= 4 is 5.78 Å². The van der Waals surface area contributed by atoms with Crippen molar-refractivity contribution in [2.24, 2.45) is 0 Å². The van der Waals surface area contributed by atoms with E-state index in [0.717, 1.165) is 11.1 Å². The predicted molar refractivity (Wildman–Crippen MR) is 80.1 cm³/mol. The molecule has 0 saturated heterocycles. The number of carbonyl (C=O) groups excluding carboxylic acids is 1. The van der Waals surface area contributed by atoms with Crippen molar-refractivity contribution < 1.29 is 4.79 Å². The van der Waals surface area contributed by atoms with Gasteiger partial charge in [-0.3, -0.25) is 4.79 Å². The first-order valence-corrected chi connectivity index (χ1v) is 6.34. The van der Waals surface area contributed by atoms with Gasteiger partial charge in [0.05, 0.1) is 0 Å². The Balaban J connectivity index is 0.000000191. The van der Waals surface area contributed by atoms with Gasteiger partial charge in [0.25, 0.3) is 0 Å². The number of rotatable bonds is 2. The molecule has 0 spiro atoms. The van der Waals surface area contributed by atoms with Crippen LogP contribution in [-0.2, 0) is 0 Å². The molecule has 0 aliphatic carbocycles. The van der Waals surface area contributed by atoms with E-state index in [9.17, 15) is 4.79 Å². The Hall–Kier alpha value is -2.33. The lowest BCUT2D eigenvalue weighted by Gasteiger charge is -1.93. The Morgan fingerprint density at radius 3 is 1.95 bits per heavy atom. The highest BCUT2D eigenvalue weighted by Gasteiger charge is 1.98. The molecule has 0 fully saturated rings. The van der Waals surface area contributed by atoms with Crippen LogP contribution in [0.3, 0.4) is 0 Å². The van der Waals surface area contributed by atoms with Crippen molar-refractivity contribution in [2.75, 3.05) is 0 Å². The average molecular weight is 250 g/mol. The monoisotopic (exact) mass is 250 g/mol. The van der Waals surface area contributed by atoms with E-state index >= 15 is 0 Å². The molecule has 0 aliphatic rings. The van der Waals surface area contributed by atoms with Crippen LogP contribution in [0.5, 0.6) is 0 Å². The summed E-state index contributed by atoms with van der Waals surface area (Å²) >= 11 is 0. The minimum atomic E-state index is 0.209. The van der Waals surface area contributed by atoms with Crippen LogP contribution in [0.2, 0.25) is 0 Å². The number of carbonyl (C=O) groups is 1. The maximum Gasteiger partial charge on any atom is 0.162 e. The van der Waals surface area contributed by atoms with E-state index in [1.807, 2.05) is 74.5 Å². The molecule has 0 aromatic heterocycles. The van der Waals surface area contributed by atoms with E-state index in [1.54, 1.807) is 0 Å². The lowest BCUT2D eigenvalue weighted by Crippen LogP contribution is -1.94. The van der Waals surface area contributed by atoms with Crippen LogP contribution in [0.1, 0.15) is 36.2 Å². The number of Topliss-reactive ketones (excluding diaryl/α,β-unsaturated/α-hetero) is 1. The summed E-state index contributed by atoms with van der Waals surface area (Å²) in [6.45, 7) is 3.71. The highest BCUT2D eigenvalue weighted by Crippen LogP contribution is 2.01. The summed E-state index contributed by atoms with van der Waals surface area (Å²) in [6, 6.07) is 19.3. The van der Waals surface area contributed by atoms with Gasteiger partial charge in [-0.15, -0.1) is 5.92 Å². The van der Waals surface area contributed by atoms with Crippen molar-refractivity contribution in [3.8, 4) is 11.8 Å². The van der Waals surface area contributed by atoms with E-state index in [1.165, 1.54) is 0 Å². The zero-order chi connectivity index (χ0) is 13.9. The molecular weight excluding hydrogens is 232 g/mol. The minimum absolute atomic E-state index is 0.209. The van der Waals surface area contributed by atoms with Crippen LogP contribution in [0, 0.1) is 11.8 Å². The molecule has 1 heteroatoms. The fraction of sp³-hybridized carbons (Fsp3) is 0.167. The van der Waals surface area contributed by atoms with Gasteiger partial charge in [0.2, 0.25) is 0 Å². The highest BCUT2D eigenvalue weighted by atomic mass is 16.1. The molecule has 0 radical (unpaired) electrons. The molecule has 0 amide bonds. The number of benzene rings is 2. The van der Waals surface area contributed by atoms with Gasteiger partial charge in [-0.1, -0.05) is 61.4 Å².